The van der Waals surface area contributed by atoms with E-state index in [9.17, 15) is 4.79 Å². The maximum absolute atomic E-state index is 11.9. The molecule has 1 saturated heterocycles. The largest absolute Gasteiger partial charge is 0.378 e. The fourth-order valence-electron chi connectivity index (χ4n) is 3.05. The fourth-order valence-corrected chi connectivity index (χ4v) is 3.05. The first-order chi connectivity index (χ1) is 11.9. The summed E-state index contributed by atoms with van der Waals surface area (Å²) in [5, 5.41) is 6.94. The van der Waals surface area contributed by atoms with Crippen LogP contribution in [0.1, 0.15) is 59.8 Å². The Balaban J connectivity index is 2.71. The van der Waals surface area contributed by atoms with Gasteiger partial charge in [0.15, 0.2) is 5.96 Å². The summed E-state index contributed by atoms with van der Waals surface area (Å²) in [4.78, 5) is 17.9. The van der Waals surface area contributed by atoms with E-state index in [0.717, 1.165) is 44.7 Å². The minimum atomic E-state index is 0.00661. The topological polar surface area (TPSA) is 66.0 Å². The second-order valence-electron chi connectivity index (χ2n) is 7.26. The van der Waals surface area contributed by atoms with Crippen LogP contribution >= 0.6 is 0 Å². The Morgan fingerprint density at radius 3 is 2.48 bits per heavy atom. The van der Waals surface area contributed by atoms with E-state index >= 15 is 0 Å². The van der Waals surface area contributed by atoms with Crippen LogP contribution in [0, 0.1) is 5.92 Å². The van der Waals surface area contributed by atoms with E-state index in [4.69, 9.17) is 4.74 Å². The van der Waals surface area contributed by atoms with Crippen LogP contribution in [0.15, 0.2) is 4.99 Å². The molecule has 1 aliphatic heterocycles. The number of nitrogens with one attached hydrogen (secondary N) is 2. The Bertz CT molecular complexity index is 422. The van der Waals surface area contributed by atoms with Crippen molar-refractivity contribution in [2.24, 2.45) is 10.9 Å². The molecule has 0 aromatic heterocycles. The van der Waals surface area contributed by atoms with Crippen molar-refractivity contribution < 1.29 is 9.53 Å². The molecule has 1 heterocycles. The van der Waals surface area contributed by atoms with E-state index in [1.165, 1.54) is 0 Å². The van der Waals surface area contributed by atoms with Gasteiger partial charge in [0.2, 0.25) is 5.91 Å². The standard InChI is InChI=1S/C19H38N4O2/c1-7-14(4)21-19(20-13-18(24)23(5)6)22-16-10-11-25-17(12-16)15(8-2)9-3/h14-17H,7-13H2,1-6H3,(H2,20,21,22). The van der Waals surface area contributed by atoms with E-state index in [0.29, 0.717) is 24.1 Å². The quantitative estimate of drug-likeness (QED) is 0.519. The van der Waals surface area contributed by atoms with E-state index in [2.05, 4.69) is 43.3 Å². The lowest BCUT2D eigenvalue weighted by Crippen LogP contribution is -2.50. The lowest BCUT2D eigenvalue weighted by molar-refractivity contribution is -0.127. The molecule has 0 aromatic rings. The van der Waals surface area contributed by atoms with Crippen LogP contribution in [0.25, 0.3) is 0 Å². The molecule has 6 nitrogen and oxygen atoms in total. The molecule has 6 heteroatoms. The Morgan fingerprint density at radius 2 is 1.92 bits per heavy atom. The number of carbonyl (C=O) groups is 1. The number of guanidine groups is 1. The molecule has 3 atom stereocenters. The number of aliphatic imine (C=N–C) groups is 1. The van der Waals surface area contributed by atoms with Crippen LogP contribution in [-0.2, 0) is 9.53 Å². The molecule has 3 unspecified atom stereocenters. The van der Waals surface area contributed by atoms with Crippen LogP contribution in [-0.4, -0.2) is 62.2 Å². The van der Waals surface area contributed by atoms with Crippen molar-refractivity contribution in [3.8, 4) is 0 Å². The molecule has 0 aromatic carbocycles. The van der Waals surface area contributed by atoms with Crippen molar-refractivity contribution in [1.82, 2.24) is 15.5 Å². The summed E-state index contributed by atoms with van der Waals surface area (Å²) in [6, 6.07) is 0.652. The molecule has 0 bridgehead atoms. The fraction of sp³-hybridized carbons (Fsp3) is 0.895. The van der Waals surface area contributed by atoms with Crippen LogP contribution in [0.5, 0.6) is 0 Å². The highest BCUT2D eigenvalue weighted by Crippen LogP contribution is 2.25. The number of likely N-dealkylation sites (N-methyl/N-ethyl adjacent to an activating group) is 1. The first kappa shape index (κ1) is 21.7. The van der Waals surface area contributed by atoms with Crippen LogP contribution in [0.4, 0.5) is 0 Å². The zero-order valence-electron chi connectivity index (χ0n) is 17.0. The highest BCUT2D eigenvalue weighted by molar-refractivity contribution is 5.85. The molecule has 1 fully saturated rings. The Morgan fingerprint density at radius 1 is 1.24 bits per heavy atom. The molecular weight excluding hydrogens is 316 g/mol. The lowest BCUT2D eigenvalue weighted by atomic mass is 9.89. The van der Waals surface area contributed by atoms with Gasteiger partial charge in [0.25, 0.3) is 0 Å². The summed E-state index contributed by atoms with van der Waals surface area (Å²) in [6.45, 7) is 9.68. The van der Waals surface area contributed by atoms with Gasteiger partial charge in [-0.25, -0.2) is 4.99 Å². The first-order valence-corrected chi connectivity index (χ1v) is 9.80. The van der Waals surface area contributed by atoms with Gasteiger partial charge in [0, 0.05) is 32.8 Å². The third kappa shape index (κ3) is 7.63. The Labute approximate surface area is 153 Å². The summed E-state index contributed by atoms with van der Waals surface area (Å²) in [5.41, 5.74) is 0. The molecule has 1 rings (SSSR count). The smallest absolute Gasteiger partial charge is 0.243 e. The van der Waals surface area contributed by atoms with Gasteiger partial charge in [-0.3, -0.25) is 4.79 Å². The number of ether oxygens (including phenoxy) is 1. The van der Waals surface area contributed by atoms with Crippen molar-refractivity contribution in [1.29, 1.82) is 0 Å². The number of amides is 1. The molecule has 0 radical (unpaired) electrons. The highest BCUT2D eigenvalue weighted by Gasteiger charge is 2.28. The van der Waals surface area contributed by atoms with Gasteiger partial charge < -0.3 is 20.3 Å². The van der Waals surface area contributed by atoms with Crippen molar-refractivity contribution in [3.63, 3.8) is 0 Å². The second kappa shape index (κ2) is 11.3. The average molecular weight is 355 g/mol. The van der Waals surface area contributed by atoms with Gasteiger partial charge in [-0.1, -0.05) is 33.6 Å². The van der Waals surface area contributed by atoms with Crippen molar-refractivity contribution >= 4 is 11.9 Å². The number of nitrogens with zero attached hydrogens (tertiary/aromatic N) is 2. The van der Waals surface area contributed by atoms with Crippen LogP contribution in [0.2, 0.25) is 0 Å². The minimum Gasteiger partial charge on any atom is -0.378 e. The highest BCUT2D eigenvalue weighted by atomic mass is 16.5. The molecule has 25 heavy (non-hydrogen) atoms. The van der Waals surface area contributed by atoms with E-state index < -0.39 is 0 Å². The van der Waals surface area contributed by atoms with Crippen LogP contribution in [0.3, 0.4) is 0 Å². The van der Waals surface area contributed by atoms with Gasteiger partial charge in [0.05, 0.1) is 6.10 Å². The monoisotopic (exact) mass is 354 g/mol. The van der Waals surface area contributed by atoms with Crippen molar-refractivity contribution in [3.05, 3.63) is 0 Å². The molecule has 0 saturated carbocycles. The predicted molar refractivity (Wildman–Crippen MR) is 104 cm³/mol. The van der Waals surface area contributed by atoms with Gasteiger partial charge >= 0.3 is 0 Å². The number of hydrogen-bond acceptors (Lipinski definition) is 3. The molecule has 0 spiro atoms. The van der Waals surface area contributed by atoms with Crippen LogP contribution < -0.4 is 10.6 Å². The van der Waals surface area contributed by atoms with Gasteiger partial charge in [-0.05, 0) is 32.1 Å². The van der Waals surface area contributed by atoms with Gasteiger partial charge in [-0.15, -0.1) is 0 Å². The second-order valence-corrected chi connectivity index (χ2v) is 7.26. The normalized spacial score (nSPS) is 22.6. The zero-order valence-corrected chi connectivity index (χ0v) is 17.0. The predicted octanol–water partition coefficient (Wildman–Crippen LogP) is 2.39. The van der Waals surface area contributed by atoms with Crippen molar-refractivity contribution in [2.75, 3.05) is 27.2 Å². The summed E-state index contributed by atoms with van der Waals surface area (Å²) in [6.07, 6.45) is 5.59. The Hall–Kier alpha value is -1.30. The molecular formula is C19H38N4O2. The summed E-state index contributed by atoms with van der Waals surface area (Å²) < 4.78 is 6.00. The Kier molecular flexibility index (Phi) is 9.86. The van der Waals surface area contributed by atoms with E-state index in [-0.39, 0.29) is 12.5 Å². The number of carbonyl (C=O) groups excluding carboxylic acids is 1. The SMILES string of the molecule is CCC(C)NC(=NCC(=O)N(C)C)NC1CCOC(C(CC)CC)C1. The number of rotatable bonds is 8. The van der Waals surface area contributed by atoms with Gasteiger partial charge in [0.1, 0.15) is 6.54 Å². The third-order valence-corrected chi connectivity index (χ3v) is 5.10. The molecule has 0 aliphatic carbocycles. The van der Waals surface area contributed by atoms with E-state index in [1.54, 1.807) is 19.0 Å². The summed E-state index contributed by atoms with van der Waals surface area (Å²) in [7, 11) is 3.51. The molecule has 1 aliphatic rings. The lowest BCUT2D eigenvalue weighted by Gasteiger charge is -2.35. The first-order valence-electron chi connectivity index (χ1n) is 9.80. The molecule has 146 valence electrons. The maximum atomic E-state index is 11.9. The zero-order chi connectivity index (χ0) is 18.8. The van der Waals surface area contributed by atoms with E-state index in [1.807, 2.05) is 0 Å². The third-order valence-electron chi connectivity index (χ3n) is 5.10. The summed E-state index contributed by atoms with van der Waals surface area (Å²) >= 11 is 0. The maximum Gasteiger partial charge on any atom is 0.243 e. The van der Waals surface area contributed by atoms with Gasteiger partial charge in [-0.2, -0.15) is 0 Å². The molecule has 1 amide bonds. The minimum absolute atomic E-state index is 0.00661. The van der Waals surface area contributed by atoms with Crippen molar-refractivity contribution in [2.45, 2.75) is 78.0 Å². The average Bonchev–Trinajstić information content (AvgIpc) is 2.60. The number of hydrogen-bond donors (Lipinski definition) is 2. The summed E-state index contributed by atoms with van der Waals surface area (Å²) in [5.74, 6) is 1.36. The molecule has 2 N–H and O–H groups in total.